The number of rotatable bonds is 5. The number of carbonyl (C=O) groups is 2. The Bertz CT molecular complexity index is 675. The van der Waals surface area contributed by atoms with Crippen LogP contribution in [0.5, 0.6) is 0 Å². The third-order valence-electron chi connectivity index (χ3n) is 2.86. The third kappa shape index (κ3) is 3.42. The van der Waals surface area contributed by atoms with Gasteiger partial charge < -0.3 is 4.57 Å². The van der Waals surface area contributed by atoms with Crippen molar-refractivity contribution in [2.75, 3.05) is 0 Å². The highest BCUT2D eigenvalue weighted by Gasteiger charge is 2.03. The van der Waals surface area contributed by atoms with Gasteiger partial charge in [-0.1, -0.05) is 6.07 Å². The lowest BCUT2D eigenvalue weighted by atomic mass is 10.2. The number of aromatic nitrogens is 1. The second-order valence-electron chi connectivity index (χ2n) is 4.36. The van der Waals surface area contributed by atoms with E-state index < -0.39 is 0 Å². The molecule has 2 aromatic rings. The van der Waals surface area contributed by atoms with Gasteiger partial charge in [0.05, 0.1) is 4.88 Å². The van der Waals surface area contributed by atoms with Crippen molar-refractivity contribution in [1.82, 2.24) is 4.57 Å². The average molecular weight is 285 g/mol. The van der Waals surface area contributed by atoms with E-state index in [4.69, 9.17) is 0 Å². The molecule has 2 rings (SSSR count). The summed E-state index contributed by atoms with van der Waals surface area (Å²) in [5.74, 6) is 0.0122. The minimum absolute atomic E-state index is 0.00188. The molecule has 0 bridgehead atoms. The van der Waals surface area contributed by atoms with Crippen LogP contribution in [0.25, 0.3) is 12.2 Å². The molecule has 0 amide bonds. The molecule has 0 saturated carbocycles. The molecule has 2 aromatic heterocycles. The van der Waals surface area contributed by atoms with E-state index in [1.807, 2.05) is 41.3 Å². The Hall–Kier alpha value is -2.20. The van der Waals surface area contributed by atoms with Gasteiger partial charge in [0, 0.05) is 18.4 Å². The first-order chi connectivity index (χ1) is 9.58. The molecule has 0 aromatic carbocycles. The molecule has 0 aliphatic carbocycles. The first-order valence-corrected chi connectivity index (χ1v) is 7.06. The zero-order valence-electron chi connectivity index (χ0n) is 11.4. The number of nitrogens with zero attached hydrogens (tertiary/aromatic N) is 1. The lowest BCUT2D eigenvalue weighted by molar-refractivity contribution is -0.112. The minimum atomic E-state index is 0.00188. The van der Waals surface area contributed by atoms with Gasteiger partial charge in [0.1, 0.15) is 0 Å². The van der Waals surface area contributed by atoms with Crippen LogP contribution in [0.3, 0.4) is 0 Å². The van der Waals surface area contributed by atoms with E-state index >= 15 is 0 Å². The highest BCUT2D eigenvalue weighted by Crippen LogP contribution is 2.13. The van der Waals surface area contributed by atoms with Crippen molar-refractivity contribution in [1.29, 1.82) is 0 Å². The van der Waals surface area contributed by atoms with E-state index in [2.05, 4.69) is 0 Å². The van der Waals surface area contributed by atoms with Crippen molar-refractivity contribution in [3.8, 4) is 0 Å². The molecule has 0 atom stereocenters. The van der Waals surface area contributed by atoms with Gasteiger partial charge in [-0.05, 0) is 54.8 Å². The van der Waals surface area contributed by atoms with Gasteiger partial charge >= 0.3 is 0 Å². The van der Waals surface area contributed by atoms with Gasteiger partial charge in [-0.25, -0.2) is 0 Å². The Kier molecular flexibility index (Phi) is 4.48. The van der Waals surface area contributed by atoms with Crippen LogP contribution in [0.15, 0.2) is 41.8 Å². The Labute approximate surface area is 121 Å². The fourth-order valence-corrected chi connectivity index (χ4v) is 2.39. The van der Waals surface area contributed by atoms with Crippen LogP contribution in [0.4, 0.5) is 0 Å². The summed E-state index contributed by atoms with van der Waals surface area (Å²) in [4.78, 5) is 23.5. The van der Waals surface area contributed by atoms with Crippen LogP contribution < -0.4 is 0 Å². The molecule has 0 fully saturated rings. The maximum atomic E-state index is 11.9. The SMILES string of the molecule is CC(=O)/C=C/c1ccc(/C=C/C(=O)c2cccs2)n1C. The van der Waals surface area contributed by atoms with Gasteiger partial charge in [-0.15, -0.1) is 11.3 Å². The number of carbonyl (C=O) groups excluding carboxylic acids is 2. The number of hydrogen-bond donors (Lipinski definition) is 0. The van der Waals surface area contributed by atoms with Gasteiger partial charge in [0.15, 0.2) is 11.6 Å². The van der Waals surface area contributed by atoms with E-state index in [1.54, 1.807) is 18.2 Å². The molecule has 0 spiro atoms. The summed E-state index contributed by atoms with van der Waals surface area (Å²) in [6.07, 6.45) is 6.65. The van der Waals surface area contributed by atoms with Gasteiger partial charge in [-0.2, -0.15) is 0 Å². The van der Waals surface area contributed by atoms with Crippen LogP contribution >= 0.6 is 11.3 Å². The highest BCUT2D eigenvalue weighted by atomic mass is 32.1. The van der Waals surface area contributed by atoms with Gasteiger partial charge in [0.25, 0.3) is 0 Å². The summed E-state index contributed by atoms with van der Waals surface area (Å²) in [6, 6.07) is 7.50. The largest absolute Gasteiger partial charge is 0.345 e. The first-order valence-electron chi connectivity index (χ1n) is 6.18. The van der Waals surface area contributed by atoms with Crippen LogP contribution in [-0.4, -0.2) is 16.1 Å². The molecule has 2 heterocycles. The van der Waals surface area contributed by atoms with Crippen LogP contribution in [0, 0.1) is 0 Å². The normalized spacial score (nSPS) is 11.5. The van der Waals surface area contributed by atoms with Crippen molar-refractivity contribution < 1.29 is 9.59 Å². The fourth-order valence-electron chi connectivity index (χ4n) is 1.74. The van der Waals surface area contributed by atoms with Gasteiger partial charge in [-0.3, -0.25) is 9.59 Å². The second kappa shape index (κ2) is 6.30. The predicted octanol–water partition coefficient (Wildman–Crippen LogP) is 3.58. The van der Waals surface area contributed by atoms with Crippen LogP contribution in [0.1, 0.15) is 28.0 Å². The van der Waals surface area contributed by atoms with E-state index in [9.17, 15) is 9.59 Å². The molecule has 102 valence electrons. The summed E-state index contributed by atoms with van der Waals surface area (Å²) in [5.41, 5.74) is 1.83. The Morgan fingerprint density at radius 3 is 2.30 bits per heavy atom. The Morgan fingerprint density at radius 2 is 1.75 bits per heavy atom. The van der Waals surface area contributed by atoms with Crippen LogP contribution in [-0.2, 0) is 11.8 Å². The van der Waals surface area contributed by atoms with Crippen LogP contribution in [0.2, 0.25) is 0 Å². The number of thiophene rings is 1. The fraction of sp³-hybridized carbons (Fsp3) is 0.125. The smallest absolute Gasteiger partial charge is 0.195 e. The maximum absolute atomic E-state index is 11.9. The molecule has 4 heteroatoms. The predicted molar refractivity (Wildman–Crippen MR) is 82.8 cm³/mol. The lowest BCUT2D eigenvalue weighted by Gasteiger charge is -2.00. The minimum Gasteiger partial charge on any atom is -0.345 e. The number of ketones is 2. The zero-order valence-corrected chi connectivity index (χ0v) is 12.2. The number of hydrogen-bond acceptors (Lipinski definition) is 3. The van der Waals surface area contributed by atoms with E-state index in [0.717, 1.165) is 16.3 Å². The van der Waals surface area contributed by atoms with Gasteiger partial charge in [0.2, 0.25) is 0 Å². The zero-order chi connectivity index (χ0) is 14.5. The summed E-state index contributed by atoms with van der Waals surface area (Å²) < 4.78 is 1.93. The average Bonchev–Trinajstić information content (AvgIpc) is 3.04. The van der Waals surface area contributed by atoms with Crippen molar-refractivity contribution in [3.63, 3.8) is 0 Å². The molecule has 20 heavy (non-hydrogen) atoms. The molecule has 0 saturated heterocycles. The molecular weight excluding hydrogens is 270 g/mol. The second-order valence-corrected chi connectivity index (χ2v) is 5.31. The van der Waals surface area contributed by atoms with E-state index in [1.165, 1.54) is 24.3 Å². The first kappa shape index (κ1) is 14.2. The standard InChI is InChI=1S/C16H15NO2S/c1-12(18)5-6-13-7-8-14(17(13)2)9-10-15(19)16-4-3-11-20-16/h3-11H,1-2H3/b6-5+,10-9+. The van der Waals surface area contributed by atoms with Crippen molar-refractivity contribution >= 4 is 35.1 Å². The third-order valence-corrected chi connectivity index (χ3v) is 3.74. The van der Waals surface area contributed by atoms with E-state index in [-0.39, 0.29) is 11.6 Å². The summed E-state index contributed by atoms with van der Waals surface area (Å²) in [7, 11) is 1.90. The van der Waals surface area contributed by atoms with Crippen molar-refractivity contribution in [2.24, 2.45) is 7.05 Å². The lowest BCUT2D eigenvalue weighted by Crippen LogP contribution is -1.95. The quantitative estimate of drug-likeness (QED) is 0.622. The molecular formula is C16H15NO2S. The summed E-state index contributed by atoms with van der Waals surface area (Å²) >= 11 is 1.43. The Balaban J connectivity index is 2.14. The number of allylic oxidation sites excluding steroid dienone is 2. The molecule has 0 N–H and O–H groups in total. The maximum Gasteiger partial charge on any atom is 0.195 e. The molecule has 0 aliphatic rings. The topological polar surface area (TPSA) is 39.1 Å². The molecule has 0 radical (unpaired) electrons. The molecule has 0 aliphatic heterocycles. The monoisotopic (exact) mass is 285 g/mol. The van der Waals surface area contributed by atoms with Crippen molar-refractivity contribution in [3.05, 3.63) is 58.1 Å². The highest BCUT2D eigenvalue weighted by molar-refractivity contribution is 7.12. The summed E-state index contributed by atoms with van der Waals surface area (Å²) in [6.45, 7) is 1.51. The van der Waals surface area contributed by atoms with Crippen molar-refractivity contribution in [2.45, 2.75) is 6.92 Å². The Morgan fingerprint density at radius 1 is 1.10 bits per heavy atom. The summed E-state index contributed by atoms with van der Waals surface area (Å²) in [5, 5.41) is 1.88. The molecule has 0 unspecified atom stereocenters. The van der Waals surface area contributed by atoms with E-state index in [0.29, 0.717) is 0 Å². The molecule has 3 nitrogen and oxygen atoms in total.